The van der Waals surface area contributed by atoms with Crippen LogP contribution in [0.2, 0.25) is 0 Å². The van der Waals surface area contributed by atoms with Gasteiger partial charge in [-0.15, -0.1) is 0 Å². The van der Waals surface area contributed by atoms with E-state index in [1.54, 1.807) is 30.3 Å². The van der Waals surface area contributed by atoms with Gasteiger partial charge in [-0.2, -0.15) is 13.2 Å². The molecule has 2 nitrogen and oxygen atoms in total. The van der Waals surface area contributed by atoms with E-state index in [4.69, 9.17) is 0 Å². The molecule has 1 N–H and O–H groups in total. The van der Waals surface area contributed by atoms with Crippen molar-refractivity contribution in [2.45, 2.75) is 18.1 Å². The van der Waals surface area contributed by atoms with Crippen LogP contribution in [0.1, 0.15) is 22.3 Å². The first kappa shape index (κ1) is 20.5. The zero-order valence-corrected chi connectivity index (χ0v) is 15.0. The molecule has 0 aliphatic heterocycles. The van der Waals surface area contributed by atoms with Crippen molar-refractivity contribution in [2.75, 3.05) is 0 Å². The Morgan fingerprint density at radius 3 is 1.97 bits per heavy atom. The van der Waals surface area contributed by atoms with E-state index in [9.17, 15) is 26.7 Å². The molecule has 0 bridgehead atoms. The predicted molar refractivity (Wildman–Crippen MR) is 97.9 cm³/mol. The summed E-state index contributed by atoms with van der Waals surface area (Å²) in [6.07, 6.45) is -4.41. The lowest BCUT2D eigenvalue weighted by atomic mass is 9.77. The van der Waals surface area contributed by atoms with E-state index >= 15 is 0 Å². The molecule has 29 heavy (non-hydrogen) atoms. The summed E-state index contributed by atoms with van der Waals surface area (Å²) in [5.74, 6) is -1.65. The quantitative estimate of drug-likeness (QED) is 0.442. The molecule has 0 unspecified atom stereocenters. The van der Waals surface area contributed by atoms with E-state index in [-0.39, 0.29) is 12.0 Å². The Morgan fingerprint density at radius 1 is 0.759 bits per heavy atom. The average molecular weight is 405 g/mol. The topological polar surface area (TPSA) is 29.1 Å². The van der Waals surface area contributed by atoms with Crippen LogP contribution >= 0.6 is 0 Å². The monoisotopic (exact) mass is 405 g/mol. The van der Waals surface area contributed by atoms with Gasteiger partial charge in [-0.3, -0.25) is 4.79 Å². The molecule has 0 saturated carbocycles. The van der Waals surface area contributed by atoms with Crippen LogP contribution in [0.4, 0.5) is 22.0 Å². The van der Waals surface area contributed by atoms with Gasteiger partial charge in [-0.25, -0.2) is 8.78 Å². The van der Waals surface area contributed by atoms with E-state index < -0.39 is 28.9 Å². The largest absolute Gasteiger partial charge is 0.416 e. The fourth-order valence-electron chi connectivity index (χ4n) is 3.33. The second kappa shape index (κ2) is 8.03. The lowest BCUT2D eigenvalue weighted by Crippen LogP contribution is -2.45. The van der Waals surface area contributed by atoms with E-state index in [1.165, 1.54) is 12.1 Å². The fourth-order valence-corrected chi connectivity index (χ4v) is 3.33. The van der Waals surface area contributed by atoms with Gasteiger partial charge in [-0.05, 0) is 47.0 Å². The van der Waals surface area contributed by atoms with Gasteiger partial charge in [0.05, 0.1) is 11.1 Å². The Labute approximate surface area is 164 Å². The number of alkyl halides is 3. The van der Waals surface area contributed by atoms with E-state index in [0.717, 1.165) is 24.3 Å². The number of halogens is 5. The van der Waals surface area contributed by atoms with E-state index in [0.29, 0.717) is 23.6 Å². The highest BCUT2D eigenvalue weighted by Crippen LogP contribution is 2.38. The van der Waals surface area contributed by atoms with Gasteiger partial charge in [0.2, 0.25) is 6.41 Å². The SMILES string of the molecule is O=CN[C@](Cc1ccccc1)(c1ccc(F)cc1)c1cc(F)cc(C(F)(F)F)c1. The minimum atomic E-state index is -4.78. The molecule has 1 amide bonds. The molecule has 0 aromatic heterocycles. The standard InChI is InChI=1S/C22H16F5NO/c23-19-8-6-16(7-9-19)21(28-14-29,13-15-4-2-1-3-5-15)17-10-18(22(25,26)27)12-20(24)11-17/h1-12,14H,13H2,(H,28,29)/t21-/m1/s1. The summed E-state index contributed by atoms with van der Waals surface area (Å²) >= 11 is 0. The number of carbonyl (C=O) groups excluding carboxylic acids is 1. The number of hydrogen-bond donors (Lipinski definition) is 1. The highest BCUT2D eigenvalue weighted by atomic mass is 19.4. The molecule has 0 aliphatic carbocycles. The molecule has 150 valence electrons. The minimum Gasteiger partial charge on any atom is -0.345 e. The van der Waals surface area contributed by atoms with Crippen molar-refractivity contribution in [1.82, 2.24) is 5.32 Å². The number of carbonyl (C=O) groups is 1. The Bertz CT molecular complexity index is 986. The number of hydrogen-bond acceptors (Lipinski definition) is 1. The van der Waals surface area contributed by atoms with Gasteiger partial charge >= 0.3 is 6.18 Å². The molecule has 0 spiro atoms. The van der Waals surface area contributed by atoms with Crippen molar-refractivity contribution in [3.8, 4) is 0 Å². The summed E-state index contributed by atoms with van der Waals surface area (Å²) in [7, 11) is 0. The molecular formula is C22H16F5NO. The number of amides is 1. The first-order valence-corrected chi connectivity index (χ1v) is 8.64. The molecule has 0 fully saturated rings. The molecule has 1 atom stereocenters. The maximum Gasteiger partial charge on any atom is 0.416 e. The number of nitrogens with one attached hydrogen (secondary N) is 1. The van der Waals surface area contributed by atoms with Crippen LogP contribution in [-0.4, -0.2) is 6.41 Å². The molecule has 0 radical (unpaired) electrons. The maximum atomic E-state index is 14.2. The second-order valence-corrected chi connectivity index (χ2v) is 6.56. The Morgan fingerprint density at radius 2 is 1.38 bits per heavy atom. The van der Waals surface area contributed by atoms with Crippen LogP contribution < -0.4 is 5.32 Å². The van der Waals surface area contributed by atoms with Gasteiger partial charge in [0.25, 0.3) is 0 Å². The summed E-state index contributed by atoms with van der Waals surface area (Å²) in [4.78, 5) is 11.5. The van der Waals surface area contributed by atoms with Crippen molar-refractivity contribution in [2.24, 2.45) is 0 Å². The average Bonchev–Trinajstić information content (AvgIpc) is 2.68. The molecular weight excluding hydrogens is 389 g/mol. The van der Waals surface area contributed by atoms with Crippen LogP contribution in [0.5, 0.6) is 0 Å². The normalized spacial score (nSPS) is 13.6. The zero-order valence-electron chi connectivity index (χ0n) is 15.0. The minimum absolute atomic E-state index is 0.0267. The van der Waals surface area contributed by atoms with Crippen LogP contribution in [0.15, 0.2) is 72.8 Å². The molecule has 7 heteroatoms. The summed E-state index contributed by atoms with van der Waals surface area (Å²) < 4.78 is 67.5. The number of rotatable bonds is 6. The van der Waals surface area contributed by atoms with E-state index in [2.05, 4.69) is 5.32 Å². The van der Waals surface area contributed by atoms with Gasteiger partial charge in [0, 0.05) is 6.42 Å². The van der Waals surface area contributed by atoms with Crippen LogP contribution in [0, 0.1) is 11.6 Å². The van der Waals surface area contributed by atoms with Crippen molar-refractivity contribution < 1.29 is 26.7 Å². The summed E-state index contributed by atoms with van der Waals surface area (Å²) in [5, 5.41) is 2.57. The Kier molecular flexibility index (Phi) is 5.68. The first-order valence-electron chi connectivity index (χ1n) is 8.64. The Hall–Kier alpha value is -3.22. The maximum absolute atomic E-state index is 14.2. The van der Waals surface area contributed by atoms with Crippen molar-refractivity contribution in [3.63, 3.8) is 0 Å². The van der Waals surface area contributed by atoms with Crippen molar-refractivity contribution in [1.29, 1.82) is 0 Å². The Balaban J connectivity index is 2.27. The van der Waals surface area contributed by atoms with Gasteiger partial charge < -0.3 is 5.32 Å². The first-order chi connectivity index (χ1) is 13.7. The number of benzene rings is 3. The third-order valence-electron chi connectivity index (χ3n) is 4.67. The highest BCUT2D eigenvalue weighted by Gasteiger charge is 2.38. The third-order valence-corrected chi connectivity index (χ3v) is 4.67. The van der Waals surface area contributed by atoms with E-state index in [1.807, 2.05) is 0 Å². The van der Waals surface area contributed by atoms with Gasteiger partial charge in [0.1, 0.15) is 11.6 Å². The van der Waals surface area contributed by atoms with Crippen molar-refractivity contribution in [3.05, 3.63) is 107 Å². The van der Waals surface area contributed by atoms with Gasteiger partial charge in [-0.1, -0.05) is 42.5 Å². The molecule has 0 saturated heterocycles. The fraction of sp³-hybridized carbons (Fsp3) is 0.136. The molecule has 0 heterocycles. The van der Waals surface area contributed by atoms with Crippen LogP contribution in [0.25, 0.3) is 0 Å². The lowest BCUT2D eigenvalue weighted by Gasteiger charge is -2.35. The lowest BCUT2D eigenvalue weighted by molar-refractivity contribution is -0.137. The molecule has 0 aliphatic rings. The van der Waals surface area contributed by atoms with Crippen molar-refractivity contribution >= 4 is 6.41 Å². The molecule has 3 rings (SSSR count). The molecule has 3 aromatic carbocycles. The summed E-state index contributed by atoms with van der Waals surface area (Å²) in [6, 6.07) is 15.8. The smallest absolute Gasteiger partial charge is 0.345 e. The zero-order chi connectivity index (χ0) is 21.1. The van der Waals surface area contributed by atoms with Crippen LogP contribution in [-0.2, 0) is 22.9 Å². The summed E-state index contributed by atoms with van der Waals surface area (Å²) in [5.41, 5.74) is -1.83. The third kappa shape index (κ3) is 4.45. The highest BCUT2D eigenvalue weighted by molar-refractivity contribution is 5.55. The predicted octanol–water partition coefficient (Wildman–Crippen LogP) is 5.22. The second-order valence-electron chi connectivity index (χ2n) is 6.56. The summed E-state index contributed by atoms with van der Waals surface area (Å²) in [6.45, 7) is 0. The molecule has 3 aromatic rings. The van der Waals surface area contributed by atoms with Crippen LogP contribution in [0.3, 0.4) is 0 Å². The van der Waals surface area contributed by atoms with Gasteiger partial charge in [0.15, 0.2) is 0 Å².